The van der Waals surface area contributed by atoms with Crippen LogP contribution in [0.5, 0.6) is 0 Å². The highest BCUT2D eigenvalue weighted by Crippen LogP contribution is 2.53. The van der Waals surface area contributed by atoms with E-state index in [1.807, 2.05) is 48.5 Å². The fraction of sp³-hybridized carbons (Fsp3) is 0.381. The molecule has 2 amide bonds. The summed E-state index contributed by atoms with van der Waals surface area (Å²) in [6.45, 7) is 5.61. The molecule has 2 aliphatic rings. The van der Waals surface area contributed by atoms with Crippen molar-refractivity contribution >= 4 is 43.7 Å². The smallest absolute Gasteiger partial charge is 0.463 e. The van der Waals surface area contributed by atoms with Crippen LogP contribution < -0.4 is 10.6 Å². The van der Waals surface area contributed by atoms with Gasteiger partial charge in [0.25, 0.3) is 0 Å². The average Bonchev–Trinajstić information content (AvgIpc) is 3.54. The van der Waals surface area contributed by atoms with Crippen molar-refractivity contribution in [3.63, 3.8) is 0 Å². The van der Waals surface area contributed by atoms with E-state index < -0.39 is 100 Å². The molecule has 61 heavy (non-hydrogen) atoms. The Morgan fingerprint density at radius 2 is 1.36 bits per heavy atom. The van der Waals surface area contributed by atoms with Crippen LogP contribution in [0.15, 0.2) is 91.5 Å². The molecule has 1 heterocycles. The van der Waals surface area contributed by atoms with Crippen LogP contribution in [0.1, 0.15) is 50.3 Å². The highest BCUT2D eigenvalue weighted by Gasteiger charge is 2.53. The number of benzene rings is 3. The fourth-order valence-corrected chi connectivity index (χ4v) is 7.96. The number of esters is 4. The Hall–Kier alpha value is -5.91. The van der Waals surface area contributed by atoms with Crippen molar-refractivity contribution in [2.45, 2.75) is 76.9 Å². The van der Waals surface area contributed by atoms with Gasteiger partial charge in [-0.2, -0.15) is 0 Å². The first-order valence-corrected chi connectivity index (χ1v) is 20.5. The van der Waals surface area contributed by atoms with Gasteiger partial charge in [-0.3, -0.25) is 32.7 Å². The van der Waals surface area contributed by atoms with E-state index in [0.29, 0.717) is 5.56 Å². The second kappa shape index (κ2) is 21.6. The number of hydrogen-bond acceptors (Lipinski definition) is 16. The van der Waals surface area contributed by atoms with Gasteiger partial charge in [0, 0.05) is 33.6 Å². The van der Waals surface area contributed by atoms with Crippen LogP contribution in [0, 0.1) is 0 Å². The lowest BCUT2D eigenvalue weighted by Crippen LogP contribution is -2.66. The van der Waals surface area contributed by atoms with Crippen molar-refractivity contribution < 1.29 is 75.3 Å². The maximum absolute atomic E-state index is 14.8. The van der Waals surface area contributed by atoms with Crippen molar-refractivity contribution in [1.82, 2.24) is 10.6 Å². The summed E-state index contributed by atoms with van der Waals surface area (Å²) in [7, 11) is -5.03. The van der Waals surface area contributed by atoms with Gasteiger partial charge in [-0.15, -0.1) is 0 Å². The largest absolute Gasteiger partial charge is 0.477 e. The molecule has 3 aromatic rings. The third kappa shape index (κ3) is 12.8. The lowest BCUT2D eigenvalue weighted by atomic mass is 9.96. The van der Waals surface area contributed by atoms with E-state index in [1.54, 1.807) is 30.3 Å². The highest BCUT2D eigenvalue weighted by atomic mass is 31.2. The number of rotatable bonds is 19. The van der Waals surface area contributed by atoms with Crippen molar-refractivity contribution in [3.05, 3.63) is 108 Å². The molecule has 0 radical (unpaired) electrons. The Kier molecular flexibility index (Phi) is 16.3. The zero-order chi connectivity index (χ0) is 44.1. The third-order valence-corrected chi connectivity index (χ3v) is 10.6. The van der Waals surface area contributed by atoms with Crippen LogP contribution in [0.4, 0.5) is 4.79 Å². The quantitative estimate of drug-likeness (QED) is 0.0724. The third-order valence-electron chi connectivity index (χ3n) is 9.20. The second-order valence-electron chi connectivity index (χ2n) is 13.8. The second-order valence-corrected chi connectivity index (χ2v) is 15.4. The molecule has 1 aliphatic heterocycles. The van der Waals surface area contributed by atoms with Gasteiger partial charge in [0.1, 0.15) is 32.0 Å². The van der Waals surface area contributed by atoms with E-state index >= 15 is 0 Å². The molecule has 1 fully saturated rings. The lowest BCUT2D eigenvalue weighted by molar-refractivity contribution is -0.260. The fourth-order valence-electron chi connectivity index (χ4n) is 6.69. The van der Waals surface area contributed by atoms with Crippen molar-refractivity contribution in [3.8, 4) is 11.1 Å². The molecular formula is C42H47N2O16P. The molecular weight excluding hydrogens is 819 g/mol. The molecule has 3 aromatic carbocycles. The topological polar surface area (TPSA) is 227 Å². The number of amides is 2. The summed E-state index contributed by atoms with van der Waals surface area (Å²) in [5.41, 5.74) is 4.39. The van der Waals surface area contributed by atoms with E-state index in [1.165, 1.54) is 6.08 Å². The molecule has 18 nitrogen and oxygen atoms in total. The molecule has 0 aromatic heterocycles. The number of ether oxygens (including phenoxy) is 6. The molecule has 0 saturated carbocycles. The molecule has 0 spiro atoms. The van der Waals surface area contributed by atoms with Crippen molar-refractivity contribution in [2.24, 2.45) is 0 Å². The molecule has 326 valence electrons. The Labute approximate surface area is 351 Å². The van der Waals surface area contributed by atoms with Gasteiger partial charge in [-0.1, -0.05) is 91.5 Å². The van der Waals surface area contributed by atoms with Crippen LogP contribution in [-0.4, -0.2) is 99.0 Å². The number of nitrogens with one attached hydrogen (secondary N) is 2. The summed E-state index contributed by atoms with van der Waals surface area (Å²) in [6.07, 6.45) is -6.16. The minimum absolute atomic E-state index is 0.104. The standard InChI is InChI=1S/C42H47N2O16P/c1-6-20-52-40(49)35(44-42(50)54-22-34-32-18-12-10-16-30(32)31-17-11-13-19-33(31)34)23-56-61(51,55-21-29-14-8-7-9-15-29)60-41-37(43-25(2)45)39(58-28(5)48)38(57-27(4)47)36(59-41)24-53-26(3)46/h6-19,34-39,41H,1,20-24H2,2-5H3,(H,43,45)(H,44,50)/t35-,36+,37+,38+,39+,41+,61?/m0/s1. The SMILES string of the molecule is C=CCOC(=O)[C@H](COP(=O)(OCc1ccccc1)O[C@H]1O[C@H](COC(C)=O)[C@@H](OC(C)=O)[C@H](OC(C)=O)[C@H]1NC(C)=O)NC(=O)OCC1c2ccccc2-c2ccccc21. The first-order valence-electron chi connectivity index (χ1n) is 19.1. The Morgan fingerprint density at radius 3 is 1.95 bits per heavy atom. The van der Waals surface area contributed by atoms with Gasteiger partial charge in [-0.25, -0.2) is 14.2 Å². The van der Waals surface area contributed by atoms with Crippen molar-refractivity contribution in [1.29, 1.82) is 0 Å². The lowest BCUT2D eigenvalue weighted by Gasteiger charge is -2.45. The van der Waals surface area contributed by atoms with Crippen LogP contribution in [0.25, 0.3) is 11.1 Å². The Balaban J connectivity index is 1.41. The number of hydrogen-bond donors (Lipinski definition) is 2. The van der Waals surface area contributed by atoms with Crippen LogP contribution in [0.3, 0.4) is 0 Å². The zero-order valence-electron chi connectivity index (χ0n) is 33.8. The van der Waals surface area contributed by atoms with Crippen LogP contribution in [0.2, 0.25) is 0 Å². The number of phosphoric acid groups is 1. The molecule has 5 rings (SSSR count). The maximum atomic E-state index is 14.8. The van der Waals surface area contributed by atoms with Crippen LogP contribution in [-0.2, 0) is 77.1 Å². The monoisotopic (exact) mass is 866 g/mol. The van der Waals surface area contributed by atoms with Gasteiger partial charge in [-0.05, 0) is 27.8 Å². The van der Waals surface area contributed by atoms with Gasteiger partial charge in [0.15, 0.2) is 24.5 Å². The Morgan fingerprint density at radius 1 is 0.754 bits per heavy atom. The molecule has 1 unspecified atom stereocenters. The van der Waals surface area contributed by atoms with Gasteiger partial charge < -0.3 is 39.1 Å². The van der Waals surface area contributed by atoms with E-state index in [9.17, 15) is 33.3 Å². The minimum atomic E-state index is -5.03. The normalized spacial score (nSPS) is 20.6. The summed E-state index contributed by atoms with van der Waals surface area (Å²) in [5.74, 6) is -4.55. The number of alkyl carbamates (subject to hydrolysis) is 1. The first kappa shape index (κ1) is 46.2. The summed E-state index contributed by atoms with van der Waals surface area (Å²) >= 11 is 0. The first-order chi connectivity index (χ1) is 29.2. The van der Waals surface area contributed by atoms with E-state index in [2.05, 4.69) is 17.2 Å². The van der Waals surface area contributed by atoms with E-state index in [4.69, 9.17) is 42.0 Å². The van der Waals surface area contributed by atoms with Gasteiger partial charge in [0.05, 0.1) is 13.2 Å². The minimum Gasteiger partial charge on any atom is -0.463 e. The van der Waals surface area contributed by atoms with Gasteiger partial charge in [0.2, 0.25) is 5.91 Å². The summed E-state index contributed by atoms with van der Waals surface area (Å²) in [6, 6.07) is 20.6. The number of carbonyl (C=O) groups excluding carboxylic acids is 6. The molecule has 0 bridgehead atoms. The van der Waals surface area contributed by atoms with Crippen molar-refractivity contribution in [2.75, 3.05) is 26.4 Å². The Bertz CT molecular complexity index is 2070. The number of carbonyl (C=O) groups is 6. The predicted molar refractivity (Wildman–Crippen MR) is 213 cm³/mol. The number of phosphoric ester groups is 1. The van der Waals surface area contributed by atoms with Gasteiger partial charge >= 0.3 is 37.8 Å². The molecule has 7 atom stereocenters. The van der Waals surface area contributed by atoms with E-state index in [-0.39, 0.29) is 19.1 Å². The number of fused-ring (bicyclic) bond motifs is 3. The average molecular weight is 867 g/mol. The highest BCUT2D eigenvalue weighted by molar-refractivity contribution is 7.48. The van der Waals surface area contributed by atoms with E-state index in [0.717, 1.165) is 49.9 Å². The summed E-state index contributed by atoms with van der Waals surface area (Å²) in [5, 5.41) is 4.90. The molecule has 1 saturated heterocycles. The molecule has 2 N–H and O–H groups in total. The maximum Gasteiger partial charge on any atom is 0.477 e. The van der Waals surface area contributed by atoms with Crippen LogP contribution >= 0.6 is 7.82 Å². The zero-order valence-corrected chi connectivity index (χ0v) is 34.7. The predicted octanol–water partition coefficient (Wildman–Crippen LogP) is 4.64. The molecule has 1 aliphatic carbocycles. The summed E-state index contributed by atoms with van der Waals surface area (Å²) < 4.78 is 65.0. The molecule has 19 heteroatoms. The summed E-state index contributed by atoms with van der Waals surface area (Å²) in [4.78, 5) is 75.7.